The van der Waals surface area contributed by atoms with Crippen LogP contribution >= 0.6 is 11.6 Å². The fraction of sp³-hybridized carbons (Fsp3) is 0.0455. The van der Waals surface area contributed by atoms with Crippen LogP contribution in [0.25, 0.3) is 0 Å². The zero-order valence-corrected chi connectivity index (χ0v) is 15.8. The summed E-state index contributed by atoms with van der Waals surface area (Å²) >= 11 is 5.87. The maximum Gasteiger partial charge on any atom is 0.337 e. The van der Waals surface area contributed by atoms with Gasteiger partial charge in [-0.25, -0.2) is 9.59 Å². The number of hydrogen-bond acceptors (Lipinski definition) is 4. The second-order valence-corrected chi connectivity index (χ2v) is 6.46. The Labute approximate surface area is 171 Å². The van der Waals surface area contributed by atoms with E-state index in [1.807, 2.05) is 18.2 Å². The molecule has 146 valence electrons. The second kappa shape index (κ2) is 9.03. The maximum atomic E-state index is 11.2. The molecule has 0 aliphatic carbocycles. The number of aromatic carboxylic acids is 2. The third-order valence-corrected chi connectivity index (χ3v) is 4.38. The molecule has 7 heteroatoms. The monoisotopic (exact) mass is 409 g/mol. The van der Waals surface area contributed by atoms with Gasteiger partial charge in [-0.3, -0.25) is 4.99 Å². The predicted molar refractivity (Wildman–Crippen MR) is 110 cm³/mol. The highest BCUT2D eigenvalue weighted by atomic mass is 35.5. The van der Waals surface area contributed by atoms with Gasteiger partial charge in [-0.15, -0.1) is 0 Å². The fourth-order valence-electron chi connectivity index (χ4n) is 2.52. The Morgan fingerprint density at radius 1 is 0.966 bits per heavy atom. The number of rotatable bonds is 7. The molecule has 3 rings (SSSR count). The van der Waals surface area contributed by atoms with Gasteiger partial charge in [0.1, 0.15) is 12.4 Å². The zero-order valence-electron chi connectivity index (χ0n) is 15.1. The van der Waals surface area contributed by atoms with E-state index in [-0.39, 0.29) is 22.8 Å². The van der Waals surface area contributed by atoms with Crippen molar-refractivity contribution in [1.29, 1.82) is 0 Å². The summed E-state index contributed by atoms with van der Waals surface area (Å²) in [6.45, 7) is 0.259. The van der Waals surface area contributed by atoms with Crippen LogP contribution in [-0.4, -0.2) is 28.4 Å². The van der Waals surface area contributed by atoms with Gasteiger partial charge in [0, 0.05) is 11.8 Å². The van der Waals surface area contributed by atoms with Crippen LogP contribution in [-0.2, 0) is 6.61 Å². The van der Waals surface area contributed by atoms with Crippen molar-refractivity contribution in [3.05, 3.63) is 94.0 Å². The van der Waals surface area contributed by atoms with Crippen LogP contribution in [0, 0.1) is 0 Å². The molecule has 0 unspecified atom stereocenters. The minimum atomic E-state index is -1.12. The first-order chi connectivity index (χ1) is 13.9. The third kappa shape index (κ3) is 5.21. The van der Waals surface area contributed by atoms with Crippen molar-refractivity contribution < 1.29 is 24.5 Å². The smallest absolute Gasteiger partial charge is 0.337 e. The van der Waals surface area contributed by atoms with Crippen LogP contribution in [0.4, 0.5) is 5.69 Å². The minimum absolute atomic E-state index is 0.0179. The molecule has 0 amide bonds. The molecule has 0 radical (unpaired) electrons. The van der Waals surface area contributed by atoms with E-state index < -0.39 is 11.9 Å². The zero-order chi connectivity index (χ0) is 20.8. The van der Waals surface area contributed by atoms with Gasteiger partial charge in [0.25, 0.3) is 0 Å². The van der Waals surface area contributed by atoms with Gasteiger partial charge in [-0.1, -0.05) is 35.9 Å². The third-order valence-electron chi connectivity index (χ3n) is 4.05. The first kappa shape index (κ1) is 20.1. The highest BCUT2D eigenvalue weighted by Crippen LogP contribution is 2.24. The Hall–Kier alpha value is -3.64. The number of benzene rings is 3. The highest BCUT2D eigenvalue weighted by Gasteiger charge is 2.09. The molecule has 0 heterocycles. The summed E-state index contributed by atoms with van der Waals surface area (Å²) in [6, 6.07) is 18.2. The van der Waals surface area contributed by atoms with Crippen LogP contribution in [0.1, 0.15) is 31.8 Å². The summed E-state index contributed by atoms with van der Waals surface area (Å²) in [7, 11) is 0. The molecule has 0 aromatic heterocycles. The number of aliphatic imine (C=N–C) groups is 1. The molecule has 0 atom stereocenters. The molecular formula is C22H16ClNO5. The summed E-state index contributed by atoms with van der Waals surface area (Å²) in [5.41, 5.74) is 2.18. The lowest BCUT2D eigenvalue weighted by molar-refractivity contribution is 0.0686. The van der Waals surface area contributed by atoms with Crippen molar-refractivity contribution in [1.82, 2.24) is 0 Å². The molecule has 0 spiro atoms. The number of nitrogens with zero attached hydrogens (tertiary/aromatic N) is 1. The number of para-hydroxylation sites is 1. The Kier molecular flexibility index (Phi) is 6.26. The Balaban J connectivity index is 1.75. The van der Waals surface area contributed by atoms with Crippen molar-refractivity contribution in [2.24, 2.45) is 4.99 Å². The number of halogens is 1. The van der Waals surface area contributed by atoms with E-state index in [1.54, 1.807) is 30.5 Å². The van der Waals surface area contributed by atoms with Crippen LogP contribution in [0.2, 0.25) is 5.02 Å². The van der Waals surface area contributed by atoms with Gasteiger partial charge >= 0.3 is 11.9 Å². The quantitative estimate of drug-likeness (QED) is 0.531. The average Bonchev–Trinajstić information content (AvgIpc) is 2.72. The van der Waals surface area contributed by atoms with E-state index in [4.69, 9.17) is 26.6 Å². The van der Waals surface area contributed by atoms with E-state index in [0.717, 1.165) is 5.56 Å². The van der Waals surface area contributed by atoms with Crippen LogP contribution in [0.3, 0.4) is 0 Å². The lowest BCUT2D eigenvalue weighted by Gasteiger charge is -2.09. The molecular weight excluding hydrogens is 394 g/mol. The van der Waals surface area contributed by atoms with Gasteiger partial charge in [0.15, 0.2) is 0 Å². The maximum absolute atomic E-state index is 11.2. The summed E-state index contributed by atoms with van der Waals surface area (Å²) in [6.07, 6.45) is 1.58. The van der Waals surface area contributed by atoms with Crippen LogP contribution in [0.15, 0.2) is 71.7 Å². The number of carboxylic acids is 2. The Bertz CT molecular complexity index is 1080. The van der Waals surface area contributed by atoms with Gasteiger partial charge in [-0.05, 0) is 48.0 Å². The molecule has 3 aromatic rings. The van der Waals surface area contributed by atoms with E-state index >= 15 is 0 Å². The van der Waals surface area contributed by atoms with Gasteiger partial charge in [0.05, 0.1) is 21.8 Å². The normalized spacial score (nSPS) is 10.8. The van der Waals surface area contributed by atoms with Gasteiger partial charge < -0.3 is 14.9 Å². The number of carboxylic acid groups (broad SMARTS) is 2. The van der Waals surface area contributed by atoms with E-state index in [2.05, 4.69) is 4.99 Å². The largest absolute Gasteiger partial charge is 0.488 e. The molecule has 0 saturated heterocycles. The molecule has 29 heavy (non-hydrogen) atoms. The minimum Gasteiger partial charge on any atom is -0.488 e. The molecule has 0 aliphatic rings. The topological polar surface area (TPSA) is 96.2 Å². The van der Waals surface area contributed by atoms with Crippen molar-refractivity contribution in [2.75, 3.05) is 0 Å². The average molecular weight is 410 g/mol. The fourth-order valence-corrected chi connectivity index (χ4v) is 2.72. The summed E-state index contributed by atoms with van der Waals surface area (Å²) in [4.78, 5) is 26.4. The Morgan fingerprint density at radius 2 is 1.69 bits per heavy atom. The van der Waals surface area contributed by atoms with Crippen LogP contribution in [0.5, 0.6) is 5.75 Å². The molecule has 0 saturated carbocycles. The second-order valence-electron chi connectivity index (χ2n) is 6.06. The number of hydrogen-bond donors (Lipinski definition) is 2. The number of carbonyl (C=O) groups is 2. The SMILES string of the molecule is O=C(O)c1ccc(COc2ccccc2C=Nc2ccc(Cl)c(C(=O)O)c2)cc1. The molecule has 0 bridgehead atoms. The summed E-state index contributed by atoms with van der Waals surface area (Å²) in [5, 5.41) is 18.3. The molecule has 2 N–H and O–H groups in total. The van der Waals surface area contributed by atoms with Crippen LogP contribution < -0.4 is 4.74 Å². The molecule has 3 aromatic carbocycles. The summed E-state index contributed by atoms with van der Waals surface area (Å²) < 4.78 is 5.84. The van der Waals surface area contributed by atoms with Crippen molar-refractivity contribution in [3.8, 4) is 5.75 Å². The van der Waals surface area contributed by atoms with Gasteiger partial charge in [0.2, 0.25) is 0 Å². The van der Waals surface area contributed by atoms with Crippen molar-refractivity contribution >= 4 is 35.4 Å². The van der Waals surface area contributed by atoms with E-state index in [9.17, 15) is 9.59 Å². The van der Waals surface area contributed by atoms with E-state index in [0.29, 0.717) is 17.0 Å². The first-order valence-electron chi connectivity index (χ1n) is 8.55. The van der Waals surface area contributed by atoms with Gasteiger partial charge in [-0.2, -0.15) is 0 Å². The van der Waals surface area contributed by atoms with Crippen molar-refractivity contribution in [3.63, 3.8) is 0 Å². The highest BCUT2D eigenvalue weighted by molar-refractivity contribution is 6.33. The van der Waals surface area contributed by atoms with Crippen molar-refractivity contribution in [2.45, 2.75) is 6.61 Å². The lowest BCUT2D eigenvalue weighted by atomic mass is 10.1. The first-order valence-corrected chi connectivity index (χ1v) is 8.93. The predicted octanol–water partition coefficient (Wildman–Crippen LogP) is 5.07. The molecule has 0 fully saturated rings. The van der Waals surface area contributed by atoms with E-state index in [1.165, 1.54) is 24.3 Å². The molecule has 0 aliphatic heterocycles. The molecule has 6 nitrogen and oxygen atoms in total. The number of ether oxygens (including phenoxy) is 1. The lowest BCUT2D eigenvalue weighted by Crippen LogP contribution is -2.00. The Morgan fingerprint density at radius 3 is 2.38 bits per heavy atom. The standard InChI is InChI=1S/C22H16ClNO5/c23-19-10-9-17(11-18(19)22(27)28)24-12-16-3-1-2-4-20(16)29-13-14-5-7-15(8-6-14)21(25)26/h1-12H,13H2,(H,25,26)(H,27,28). The summed E-state index contributed by atoms with van der Waals surface area (Å²) in [5.74, 6) is -1.51.